The van der Waals surface area contributed by atoms with Gasteiger partial charge in [0.2, 0.25) is 0 Å². The number of nitrogens with two attached hydrogens (primary N) is 1. The third kappa shape index (κ3) is 29.8. The minimum absolute atomic E-state index is 0. The van der Waals surface area contributed by atoms with Crippen LogP contribution in [0.1, 0.15) is 110 Å². The van der Waals surface area contributed by atoms with E-state index in [0.717, 1.165) is 11.1 Å². The van der Waals surface area contributed by atoms with Crippen LogP contribution >= 0.6 is 24.0 Å². The van der Waals surface area contributed by atoms with Crippen LogP contribution < -0.4 is 27.0 Å². The first-order chi connectivity index (χ1) is 29.6. The lowest BCUT2D eigenvalue weighted by atomic mass is 10.2. The molecule has 19 nitrogen and oxygen atoms in total. The van der Waals surface area contributed by atoms with Gasteiger partial charge < -0.3 is 29.8 Å². The number of hydrogen-bond donors (Lipinski definition) is 6. The fraction of sp³-hybridized carbons (Fsp3) is 0.432. The maximum atomic E-state index is 11.4. The van der Waals surface area contributed by atoms with Crippen molar-refractivity contribution >= 4 is 77.9 Å². The molecule has 0 saturated heterocycles. The molecule has 0 fully saturated rings. The number of aldehydes is 1. The van der Waals surface area contributed by atoms with Crippen molar-refractivity contribution in [2.24, 2.45) is 5.73 Å². The highest BCUT2D eigenvalue weighted by molar-refractivity contribution is 6.17. The summed E-state index contributed by atoms with van der Waals surface area (Å²) in [6.07, 6.45) is 4.62. The van der Waals surface area contributed by atoms with Gasteiger partial charge in [-0.25, -0.2) is 39.1 Å². The zero-order valence-corrected chi connectivity index (χ0v) is 40.5. The Morgan fingerprint density at radius 3 is 1.15 bits per heavy atom. The molecule has 65 heavy (non-hydrogen) atoms. The molecule has 4 amide bonds. The molecule has 358 valence electrons. The molecule has 4 heterocycles. The molecule has 0 aliphatic rings. The highest BCUT2D eigenvalue weighted by atomic mass is 35.5. The smallest absolute Gasteiger partial charge is 0.413 e. The molecule has 0 spiro atoms. The van der Waals surface area contributed by atoms with Crippen molar-refractivity contribution in [1.29, 1.82) is 0 Å². The predicted octanol–water partition coefficient (Wildman–Crippen LogP) is 9.64. The number of nitrogens with zero attached hydrogens (tertiary/aromatic N) is 4. The van der Waals surface area contributed by atoms with Crippen molar-refractivity contribution in [2.75, 3.05) is 21.3 Å². The van der Waals surface area contributed by atoms with E-state index in [9.17, 15) is 24.0 Å². The van der Waals surface area contributed by atoms with Crippen LogP contribution in [-0.4, -0.2) is 78.1 Å². The second-order valence-corrected chi connectivity index (χ2v) is 17.5. The molecule has 4 aromatic heterocycles. The Balaban J connectivity index is 0.000000836. The van der Waals surface area contributed by atoms with Crippen LogP contribution in [0.3, 0.4) is 0 Å². The number of halogens is 2. The summed E-state index contributed by atoms with van der Waals surface area (Å²) in [5.74, 6) is 1.91. The average Bonchev–Trinajstić information content (AvgIpc) is 3.16. The first kappa shape index (κ1) is 58.9. The van der Waals surface area contributed by atoms with E-state index in [1.807, 2.05) is 0 Å². The number of ether oxygens (including phenoxy) is 4. The summed E-state index contributed by atoms with van der Waals surface area (Å²) in [7, 11) is 0. The van der Waals surface area contributed by atoms with E-state index in [0.29, 0.717) is 53.1 Å². The molecular weight excluding hydrogens is 885 g/mol. The highest BCUT2D eigenvalue weighted by Gasteiger charge is 2.19. The van der Waals surface area contributed by atoms with Gasteiger partial charge in [0.15, 0.2) is 0 Å². The van der Waals surface area contributed by atoms with Gasteiger partial charge in [0, 0.05) is 42.8 Å². The van der Waals surface area contributed by atoms with E-state index < -0.39 is 46.8 Å². The molecule has 21 heteroatoms. The summed E-state index contributed by atoms with van der Waals surface area (Å²) >= 11 is 5.67. The predicted molar refractivity (Wildman–Crippen MR) is 252 cm³/mol. The lowest BCUT2D eigenvalue weighted by Gasteiger charge is -2.19. The van der Waals surface area contributed by atoms with Gasteiger partial charge in [0.05, 0.1) is 6.61 Å². The number of hydrogen-bond acceptors (Lipinski definition) is 15. The molecule has 4 rings (SSSR count). The molecule has 0 aromatic carbocycles. The number of amides is 4. The van der Waals surface area contributed by atoms with Crippen LogP contribution in [0.15, 0.2) is 73.3 Å². The summed E-state index contributed by atoms with van der Waals surface area (Å²) in [6, 6.07) is 13.3. The number of aliphatic hydroxyl groups excluding tert-OH is 1. The minimum atomic E-state index is -0.594. The first-order valence-electron chi connectivity index (χ1n) is 19.8. The lowest BCUT2D eigenvalue weighted by Crippen LogP contribution is -2.27. The second-order valence-electron chi connectivity index (χ2n) is 17.2. The number of alkyl halides is 1. The normalized spacial score (nSPS) is 10.8. The third-order valence-electron chi connectivity index (χ3n) is 6.48. The Labute approximate surface area is 391 Å². The number of carbonyl (C=O) groups is 5. The maximum Gasteiger partial charge on any atom is 0.413 e. The molecule has 0 aliphatic heterocycles. The molecular formula is C44H63Cl2N9O10. The Morgan fingerprint density at radius 2 is 0.846 bits per heavy atom. The maximum absolute atomic E-state index is 11.4. The van der Waals surface area contributed by atoms with E-state index in [1.165, 1.54) is 18.5 Å². The van der Waals surface area contributed by atoms with Crippen LogP contribution in [0, 0.1) is 0 Å². The van der Waals surface area contributed by atoms with Gasteiger partial charge in [-0.2, -0.15) is 0 Å². The molecule has 0 radical (unpaired) electrons. The van der Waals surface area contributed by atoms with Crippen LogP contribution in [0.25, 0.3) is 0 Å². The molecule has 0 saturated carbocycles. The van der Waals surface area contributed by atoms with E-state index in [1.54, 1.807) is 138 Å². The molecule has 0 atom stereocenters. The summed E-state index contributed by atoms with van der Waals surface area (Å²) in [6.45, 7) is 21.8. The number of anilines is 4. The van der Waals surface area contributed by atoms with Crippen LogP contribution in [-0.2, 0) is 38.0 Å². The van der Waals surface area contributed by atoms with Crippen LogP contribution in [0.2, 0.25) is 0 Å². The summed E-state index contributed by atoms with van der Waals surface area (Å²) in [5.41, 5.74) is 6.26. The number of pyridine rings is 4. The fourth-order valence-electron chi connectivity index (χ4n) is 4.16. The van der Waals surface area contributed by atoms with Crippen molar-refractivity contribution in [3.63, 3.8) is 0 Å². The summed E-state index contributed by atoms with van der Waals surface area (Å²) in [5, 5.41) is 18.9. The Bertz CT molecular complexity index is 1940. The van der Waals surface area contributed by atoms with E-state index >= 15 is 0 Å². The summed E-state index contributed by atoms with van der Waals surface area (Å²) in [4.78, 5) is 71.9. The van der Waals surface area contributed by atoms with Gasteiger partial charge in [-0.1, -0.05) is 0 Å². The zero-order valence-electron chi connectivity index (χ0n) is 38.9. The number of rotatable bonds is 8. The van der Waals surface area contributed by atoms with E-state index in [2.05, 4.69) is 41.2 Å². The molecule has 0 unspecified atom stereocenters. The number of carbonyl (C=O) groups excluding carboxylic acids is 5. The van der Waals surface area contributed by atoms with Crippen LogP contribution in [0.4, 0.5) is 42.4 Å². The van der Waals surface area contributed by atoms with Crippen molar-refractivity contribution in [2.45, 2.75) is 125 Å². The van der Waals surface area contributed by atoms with Crippen molar-refractivity contribution < 1.29 is 48.0 Å². The van der Waals surface area contributed by atoms with Crippen LogP contribution in [0.5, 0.6) is 0 Å². The second kappa shape index (κ2) is 27.9. The first-order valence-corrected chi connectivity index (χ1v) is 20.3. The van der Waals surface area contributed by atoms with Gasteiger partial charge in [-0.05, 0) is 148 Å². The topological polar surface area (TPSA) is 268 Å². The quantitative estimate of drug-likeness (QED) is 0.0545. The highest BCUT2D eigenvalue weighted by Crippen LogP contribution is 2.15. The van der Waals surface area contributed by atoms with Gasteiger partial charge in [-0.15, -0.1) is 24.0 Å². The van der Waals surface area contributed by atoms with Crippen molar-refractivity contribution in [3.8, 4) is 0 Å². The molecule has 7 N–H and O–H groups in total. The van der Waals surface area contributed by atoms with Crippen molar-refractivity contribution in [3.05, 3.63) is 95.6 Å². The van der Waals surface area contributed by atoms with E-state index in [4.69, 9.17) is 41.4 Å². The Morgan fingerprint density at radius 1 is 0.554 bits per heavy atom. The van der Waals surface area contributed by atoms with Gasteiger partial charge in [-0.3, -0.25) is 26.1 Å². The average molecular weight is 949 g/mol. The lowest BCUT2D eigenvalue weighted by molar-refractivity contribution is 0.0624. The molecule has 4 aromatic rings. The van der Waals surface area contributed by atoms with Gasteiger partial charge in [0.25, 0.3) is 0 Å². The number of aliphatic hydroxyl groups is 1. The van der Waals surface area contributed by atoms with Gasteiger partial charge in [0.1, 0.15) is 52.0 Å². The third-order valence-corrected chi connectivity index (χ3v) is 6.79. The van der Waals surface area contributed by atoms with Gasteiger partial charge >= 0.3 is 24.4 Å². The van der Waals surface area contributed by atoms with E-state index in [-0.39, 0.29) is 19.0 Å². The zero-order chi connectivity index (χ0) is 48.7. The largest absolute Gasteiger partial charge is 0.444 e. The standard InChI is InChI=1S/C11H15ClN2O2.C11H17N3O2.C11H16N2O3.C11H14N2O3.ClH/c2*1-11(2,3)16-10(15)14-9-6-8(7-12)4-5-13-9;2*1-11(2,3)16-10(15)13-9-6-8(7-14)4-5-12-9;/h4-6H,7H2,1-3H3,(H,13,14,15);4-6H,7,12H2,1-3H3,(H,13,14,15);4-6,14H,7H2,1-3H3,(H,12,13,15);4-7H,1-3H3,(H,12,13,15);1H. The Hall–Kier alpha value is -6.15. The number of aromatic nitrogens is 4. The Kier molecular flexibility index (Phi) is 25.3. The fourth-order valence-corrected chi connectivity index (χ4v) is 4.32. The minimum Gasteiger partial charge on any atom is -0.444 e. The number of nitrogens with one attached hydrogen (secondary N) is 4. The SMILES string of the molecule is CC(C)(C)OC(=O)Nc1cc(C=O)ccn1.CC(C)(C)OC(=O)Nc1cc(CCl)ccn1.CC(C)(C)OC(=O)Nc1cc(CN)ccn1.CC(C)(C)OC(=O)Nc1cc(CO)ccn1.Cl. The molecule has 0 aliphatic carbocycles. The summed E-state index contributed by atoms with van der Waals surface area (Å²) < 4.78 is 20.3. The monoisotopic (exact) mass is 947 g/mol. The van der Waals surface area contributed by atoms with Crippen molar-refractivity contribution in [1.82, 2.24) is 19.9 Å². The molecule has 0 bridgehead atoms.